The van der Waals surface area contributed by atoms with Crippen molar-refractivity contribution in [3.8, 4) is 5.88 Å². The first-order valence-corrected chi connectivity index (χ1v) is 14.8. The highest BCUT2D eigenvalue weighted by Gasteiger charge is 2.59. The third kappa shape index (κ3) is 6.82. The summed E-state index contributed by atoms with van der Waals surface area (Å²) >= 11 is 0. The van der Waals surface area contributed by atoms with Crippen LogP contribution in [0, 0.1) is 11.3 Å². The summed E-state index contributed by atoms with van der Waals surface area (Å²) in [5.41, 5.74) is 0.392. The third-order valence-corrected chi connectivity index (χ3v) is 8.54. The van der Waals surface area contributed by atoms with Crippen LogP contribution in [0.25, 0.3) is 0 Å². The van der Waals surface area contributed by atoms with Crippen LogP contribution in [0.15, 0.2) is 36.5 Å². The van der Waals surface area contributed by atoms with Gasteiger partial charge in [0.05, 0.1) is 18.7 Å². The minimum atomic E-state index is -4.61. The number of aliphatic carboxylic acids is 1. The molecule has 3 heterocycles. The van der Waals surface area contributed by atoms with Crippen molar-refractivity contribution in [2.24, 2.45) is 11.3 Å². The Morgan fingerprint density at radius 2 is 1.88 bits per heavy atom. The van der Waals surface area contributed by atoms with Gasteiger partial charge in [0.1, 0.15) is 12.1 Å². The minimum Gasteiger partial charge on any atom is -0.481 e. The highest BCUT2D eigenvalue weighted by Crippen LogP contribution is 2.50. The fourth-order valence-electron chi connectivity index (χ4n) is 6.65. The van der Waals surface area contributed by atoms with E-state index in [1.54, 1.807) is 0 Å². The fraction of sp³-hybridized carbons (Fsp3) is 0.594. The molecule has 2 N–H and O–H groups in total. The molecule has 0 radical (unpaired) electrons. The highest BCUT2D eigenvalue weighted by atomic mass is 19.4. The largest absolute Gasteiger partial charge is 0.481 e. The molecule has 5 atom stereocenters. The Balaban J connectivity index is 1.89. The molecule has 2 unspecified atom stereocenters. The lowest BCUT2D eigenvalue weighted by Crippen LogP contribution is -2.51. The van der Waals surface area contributed by atoms with Gasteiger partial charge in [-0.2, -0.15) is 13.2 Å². The maximum atomic E-state index is 14.3. The minimum absolute atomic E-state index is 0.0308. The van der Waals surface area contributed by atoms with Gasteiger partial charge in [0.2, 0.25) is 5.88 Å². The molecular weight excluding hydrogens is 563 g/mol. The van der Waals surface area contributed by atoms with Crippen molar-refractivity contribution in [1.82, 2.24) is 15.2 Å². The first-order chi connectivity index (χ1) is 20.2. The number of nitrogens with one attached hydrogen (secondary N) is 1. The van der Waals surface area contributed by atoms with Gasteiger partial charge in [0.25, 0.3) is 5.91 Å². The number of carbonyl (C=O) groups excluding carboxylic acids is 1. The van der Waals surface area contributed by atoms with Crippen LogP contribution in [-0.2, 0) is 27.0 Å². The van der Waals surface area contributed by atoms with Crippen LogP contribution in [0.4, 0.5) is 13.2 Å². The van der Waals surface area contributed by atoms with Gasteiger partial charge in [0.15, 0.2) is 0 Å². The van der Waals surface area contributed by atoms with E-state index >= 15 is 0 Å². The molecule has 1 amide bonds. The van der Waals surface area contributed by atoms with Crippen molar-refractivity contribution in [2.45, 2.75) is 96.7 Å². The summed E-state index contributed by atoms with van der Waals surface area (Å²) < 4.78 is 52.0. The van der Waals surface area contributed by atoms with E-state index in [0.717, 1.165) is 36.2 Å². The van der Waals surface area contributed by atoms with Crippen LogP contribution in [0.3, 0.4) is 0 Å². The van der Waals surface area contributed by atoms with Crippen LogP contribution in [0.1, 0.15) is 88.1 Å². The summed E-state index contributed by atoms with van der Waals surface area (Å²) in [5.74, 6) is -2.05. The SMILES string of the molecule is COc1ncc(C(F)(F)F)cc1CN[C@H]1C(C(C)(C)C)C(C(=O)O)N(C(=O)[C@H]2CCCCO2)[C@H]1c1ccccc1C(C)C. The van der Waals surface area contributed by atoms with Crippen molar-refractivity contribution >= 4 is 11.9 Å². The van der Waals surface area contributed by atoms with Gasteiger partial charge in [-0.3, -0.25) is 4.79 Å². The Hall–Kier alpha value is -3.18. The zero-order valence-electron chi connectivity index (χ0n) is 25.6. The lowest BCUT2D eigenvalue weighted by molar-refractivity contribution is -0.159. The molecule has 43 heavy (non-hydrogen) atoms. The van der Waals surface area contributed by atoms with Crippen molar-refractivity contribution in [3.63, 3.8) is 0 Å². The van der Waals surface area contributed by atoms with Gasteiger partial charge in [-0.05, 0) is 47.8 Å². The number of hydrogen-bond donors (Lipinski definition) is 2. The highest BCUT2D eigenvalue weighted by molar-refractivity contribution is 5.88. The van der Waals surface area contributed by atoms with Crippen molar-refractivity contribution < 1.29 is 37.3 Å². The van der Waals surface area contributed by atoms with Gasteiger partial charge in [0, 0.05) is 36.9 Å². The first kappa shape index (κ1) is 32.7. The second kappa shape index (κ2) is 12.8. The Morgan fingerprint density at radius 3 is 2.44 bits per heavy atom. The van der Waals surface area contributed by atoms with E-state index in [1.807, 2.05) is 58.9 Å². The van der Waals surface area contributed by atoms with Gasteiger partial charge < -0.3 is 24.8 Å². The molecule has 2 fully saturated rings. The van der Waals surface area contributed by atoms with Gasteiger partial charge in [-0.25, -0.2) is 9.78 Å². The number of nitrogens with zero attached hydrogens (tertiary/aromatic N) is 2. The predicted molar refractivity (Wildman–Crippen MR) is 154 cm³/mol. The number of alkyl halides is 3. The zero-order valence-corrected chi connectivity index (χ0v) is 25.6. The number of methoxy groups -OCH3 is 1. The van der Waals surface area contributed by atoms with Crippen molar-refractivity contribution in [2.75, 3.05) is 13.7 Å². The molecule has 0 saturated carbocycles. The zero-order chi connectivity index (χ0) is 31.7. The summed E-state index contributed by atoms with van der Waals surface area (Å²) in [6.07, 6.45) is -2.54. The molecule has 2 aliphatic heterocycles. The van der Waals surface area contributed by atoms with E-state index in [4.69, 9.17) is 9.47 Å². The third-order valence-electron chi connectivity index (χ3n) is 8.54. The molecule has 0 spiro atoms. The van der Waals surface area contributed by atoms with E-state index < -0.39 is 53.3 Å². The summed E-state index contributed by atoms with van der Waals surface area (Å²) in [4.78, 5) is 32.8. The molecule has 1 aromatic heterocycles. The number of likely N-dealkylation sites (tertiary alicyclic amines) is 1. The first-order valence-electron chi connectivity index (χ1n) is 14.8. The standard InChI is InChI=1S/C32H42F3N3O5/c1-18(2)21-11-7-8-12-22(21)26-25(36-16-19-15-20(32(33,34)35)17-37-28(19)42-6)24(31(3,4)5)27(30(40)41)38(26)29(39)23-13-9-10-14-43-23/h7-8,11-12,15,17-18,23-27,36H,9-10,13-14,16H2,1-6H3,(H,40,41)/t23-,24?,25+,26+,27?/m1/s1. The molecule has 0 bridgehead atoms. The Morgan fingerprint density at radius 1 is 1.19 bits per heavy atom. The normalized spacial score (nSPS) is 24.8. The van der Waals surface area contributed by atoms with E-state index in [0.29, 0.717) is 13.0 Å². The molecular formula is C32H42F3N3O5. The number of aromatic nitrogens is 1. The number of rotatable bonds is 8. The number of ether oxygens (including phenoxy) is 2. The molecule has 0 aliphatic carbocycles. The maximum Gasteiger partial charge on any atom is 0.417 e. The fourth-order valence-corrected chi connectivity index (χ4v) is 6.65. The predicted octanol–water partition coefficient (Wildman–Crippen LogP) is 5.96. The van der Waals surface area contributed by atoms with Gasteiger partial charge >= 0.3 is 12.1 Å². The summed E-state index contributed by atoms with van der Waals surface area (Å²) in [6.45, 7) is 10.2. The molecule has 11 heteroatoms. The van der Waals surface area contributed by atoms with Gasteiger partial charge in [-0.1, -0.05) is 58.9 Å². The van der Waals surface area contributed by atoms with Gasteiger partial charge in [-0.15, -0.1) is 0 Å². The molecule has 2 aromatic rings. The van der Waals surface area contributed by atoms with Crippen LogP contribution in [0.2, 0.25) is 0 Å². The Labute approximate surface area is 251 Å². The van der Waals surface area contributed by atoms with Crippen LogP contribution < -0.4 is 10.1 Å². The number of carboxylic acids is 1. The monoisotopic (exact) mass is 605 g/mol. The average Bonchev–Trinajstić information content (AvgIpc) is 3.31. The lowest BCUT2D eigenvalue weighted by atomic mass is 9.72. The van der Waals surface area contributed by atoms with Crippen molar-refractivity contribution in [1.29, 1.82) is 0 Å². The van der Waals surface area contributed by atoms with Crippen molar-refractivity contribution in [3.05, 3.63) is 58.8 Å². The van der Waals surface area contributed by atoms with E-state index in [1.165, 1.54) is 12.0 Å². The Kier molecular flexibility index (Phi) is 9.76. The van der Waals surface area contributed by atoms with E-state index in [9.17, 15) is 27.9 Å². The molecule has 1 aromatic carbocycles. The molecule has 2 saturated heterocycles. The quantitative estimate of drug-likeness (QED) is 0.383. The molecule has 236 valence electrons. The number of benzene rings is 1. The van der Waals surface area contributed by atoms with Crippen LogP contribution >= 0.6 is 0 Å². The Bertz CT molecular complexity index is 1300. The average molecular weight is 606 g/mol. The summed E-state index contributed by atoms with van der Waals surface area (Å²) in [5, 5.41) is 14.1. The number of carboxylic acid groups (broad SMARTS) is 1. The van der Waals surface area contributed by atoms with E-state index in [2.05, 4.69) is 10.3 Å². The lowest BCUT2D eigenvalue weighted by Gasteiger charge is -2.36. The maximum absolute atomic E-state index is 14.3. The molecule has 4 rings (SSSR count). The summed E-state index contributed by atoms with van der Waals surface area (Å²) in [6, 6.07) is 6.05. The second-order valence-electron chi connectivity index (χ2n) is 12.8. The molecule has 2 aliphatic rings. The number of hydrogen-bond acceptors (Lipinski definition) is 6. The topological polar surface area (TPSA) is 101 Å². The van der Waals surface area contributed by atoms with Crippen LogP contribution in [-0.4, -0.2) is 58.8 Å². The molecule has 8 nitrogen and oxygen atoms in total. The second-order valence-corrected chi connectivity index (χ2v) is 12.8. The smallest absolute Gasteiger partial charge is 0.417 e. The summed E-state index contributed by atoms with van der Waals surface area (Å²) in [7, 11) is 1.33. The number of pyridine rings is 1. The van der Waals surface area contributed by atoms with Crippen LogP contribution in [0.5, 0.6) is 5.88 Å². The van der Waals surface area contributed by atoms with E-state index in [-0.39, 0.29) is 29.8 Å². The number of amides is 1. The number of halogens is 3. The number of carbonyl (C=O) groups is 2.